The van der Waals surface area contributed by atoms with Crippen LogP contribution in [-0.2, 0) is 6.54 Å². The highest BCUT2D eigenvalue weighted by atomic mass is 16.5. The predicted molar refractivity (Wildman–Crippen MR) is 87.5 cm³/mol. The Morgan fingerprint density at radius 3 is 2.76 bits per heavy atom. The second-order valence-corrected chi connectivity index (χ2v) is 5.27. The summed E-state index contributed by atoms with van der Waals surface area (Å²) in [4.78, 5) is 4.64. The summed E-state index contributed by atoms with van der Waals surface area (Å²) < 4.78 is 7.78. The molecule has 0 spiro atoms. The molecule has 1 heterocycles. The molecule has 0 fully saturated rings. The lowest BCUT2D eigenvalue weighted by Gasteiger charge is -2.08. The molecule has 2 rings (SSSR count). The first-order valence-corrected chi connectivity index (χ1v) is 7.73. The molecule has 1 aromatic heterocycles. The van der Waals surface area contributed by atoms with E-state index in [9.17, 15) is 0 Å². The van der Waals surface area contributed by atoms with Crippen LogP contribution in [0, 0.1) is 6.92 Å². The summed E-state index contributed by atoms with van der Waals surface area (Å²) in [6.07, 6.45) is 3.25. The fraction of sp³-hybridized carbons (Fsp3) is 0.471. The van der Waals surface area contributed by atoms with Crippen LogP contribution in [0.1, 0.15) is 38.9 Å². The van der Waals surface area contributed by atoms with E-state index < -0.39 is 0 Å². The summed E-state index contributed by atoms with van der Waals surface area (Å²) in [6, 6.07) is 8.00. The zero-order valence-corrected chi connectivity index (χ0v) is 13.2. The molecule has 0 bridgehead atoms. The molecule has 0 atom stereocenters. The number of imidazole rings is 1. The number of nitrogen functional groups attached to an aromatic ring is 1. The number of aryl methyl sites for hydroxylation is 1. The van der Waals surface area contributed by atoms with E-state index in [2.05, 4.69) is 23.4 Å². The van der Waals surface area contributed by atoms with Crippen molar-refractivity contribution in [2.45, 2.75) is 46.6 Å². The predicted octanol–water partition coefficient (Wildman–Crippen LogP) is 4.03. The van der Waals surface area contributed by atoms with Crippen molar-refractivity contribution in [2.75, 3.05) is 12.3 Å². The standard InChI is InChI=1S/C17H25N3O/c1-4-6-10-20-13(3)19-16(17(20)18)14-8-7-9-15(12-14)21-11-5-2/h7-9,12H,4-6,10-11,18H2,1-3H3. The summed E-state index contributed by atoms with van der Waals surface area (Å²) in [5, 5.41) is 0. The molecule has 0 unspecified atom stereocenters. The minimum atomic E-state index is 0.725. The third-order valence-corrected chi connectivity index (χ3v) is 3.51. The van der Waals surface area contributed by atoms with Crippen LogP contribution < -0.4 is 10.5 Å². The van der Waals surface area contributed by atoms with Crippen LogP contribution in [0.15, 0.2) is 24.3 Å². The van der Waals surface area contributed by atoms with Gasteiger partial charge in [0.1, 0.15) is 23.1 Å². The lowest BCUT2D eigenvalue weighted by Crippen LogP contribution is -2.05. The van der Waals surface area contributed by atoms with Crippen molar-refractivity contribution in [2.24, 2.45) is 0 Å². The van der Waals surface area contributed by atoms with Gasteiger partial charge in [-0.25, -0.2) is 4.98 Å². The normalized spacial score (nSPS) is 10.8. The lowest BCUT2D eigenvalue weighted by molar-refractivity contribution is 0.317. The molecule has 4 heteroatoms. The maximum atomic E-state index is 6.29. The number of anilines is 1. The third-order valence-electron chi connectivity index (χ3n) is 3.51. The lowest BCUT2D eigenvalue weighted by atomic mass is 10.1. The van der Waals surface area contributed by atoms with Crippen molar-refractivity contribution in [1.82, 2.24) is 9.55 Å². The van der Waals surface area contributed by atoms with E-state index in [1.54, 1.807) is 0 Å². The van der Waals surface area contributed by atoms with Crippen LogP contribution in [0.3, 0.4) is 0 Å². The molecule has 114 valence electrons. The fourth-order valence-corrected chi connectivity index (χ4v) is 2.35. The van der Waals surface area contributed by atoms with Gasteiger partial charge in [0.15, 0.2) is 0 Å². The summed E-state index contributed by atoms with van der Waals surface area (Å²) in [7, 11) is 0. The second kappa shape index (κ2) is 7.16. The monoisotopic (exact) mass is 287 g/mol. The van der Waals surface area contributed by atoms with Crippen molar-refractivity contribution in [3.63, 3.8) is 0 Å². The third kappa shape index (κ3) is 3.57. The Balaban J connectivity index is 2.29. The van der Waals surface area contributed by atoms with Crippen LogP contribution in [-0.4, -0.2) is 16.2 Å². The highest BCUT2D eigenvalue weighted by molar-refractivity contribution is 5.72. The van der Waals surface area contributed by atoms with Gasteiger partial charge < -0.3 is 15.0 Å². The smallest absolute Gasteiger partial charge is 0.131 e. The van der Waals surface area contributed by atoms with Gasteiger partial charge in [0.05, 0.1) is 6.61 Å². The van der Waals surface area contributed by atoms with E-state index in [0.29, 0.717) is 0 Å². The average Bonchev–Trinajstić information content (AvgIpc) is 2.78. The number of hydrogen-bond acceptors (Lipinski definition) is 3. The van der Waals surface area contributed by atoms with Gasteiger partial charge in [-0.15, -0.1) is 0 Å². The molecule has 0 aliphatic heterocycles. The van der Waals surface area contributed by atoms with Gasteiger partial charge in [0.2, 0.25) is 0 Å². The van der Waals surface area contributed by atoms with Crippen molar-refractivity contribution >= 4 is 5.82 Å². The number of benzene rings is 1. The Morgan fingerprint density at radius 1 is 1.24 bits per heavy atom. The molecule has 4 nitrogen and oxygen atoms in total. The quantitative estimate of drug-likeness (QED) is 0.836. The Labute approximate surface area is 127 Å². The Kier molecular flexibility index (Phi) is 5.26. The van der Waals surface area contributed by atoms with Crippen molar-refractivity contribution < 1.29 is 4.74 Å². The van der Waals surface area contributed by atoms with Gasteiger partial charge in [0, 0.05) is 12.1 Å². The molecule has 0 saturated heterocycles. The molecular weight excluding hydrogens is 262 g/mol. The molecule has 2 aromatic rings. The molecule has 1 aromatic carbocycles. The van der Waals surface area contributed by atoms with Gasteiger partial charge in [-0.3, -0.25) is 0 Å². The van der Waals surface area contributed by atoms with E-state index in [-0.39, 0.29) is 0 Å². The number of nitrogens with two attached hydrogens (primary N) is 1. The Morgan fingerprint density at radius 2 is 2.05 bits per heavy atom. The Bertz CT molecular complexity index is 590. The highest BCUT2D eigenvalue weighted by Gasteiger charge is 2.13. The maximum Gasteiger partial charge on any atom is 0.131 e. The van der Waals surface area contributed by atoms with Gasteiger partial charge in [0.25, 0.3) is 0 Å². The first kappa shape index (κ1) is 15.4. The second-order valence-electron chi connectivity index (χ2n) is 5.27. The highest BCUT2D eigenvalue weighted by Crippen LogP contribution is 2.29. The molecule has 0 aliphatic carbocycles. The van der Waals surface area contributed by atoms with E-state index in [1.165, 1.54) is 0 Å². The number of hydrogen-bond donors (Lipinski definition) is 1. The summed E-state index contributed by atoms with van der Waals surface area (Å²) in [5.41, 5.74) is 8.15. The topological polar surface area (TPSA) is 53.1 Å². The van der Waals surface area contributed by atoms with Crippen LogP contribution in [0.2, 0.25) is 0 Å². The molecular formula is C17H25N3O. The van der Waals surface area contributed by atoms with E-state index in [4.69, 9.17) is 10.5 Å². The zero-order chi connectivity index (χ0) is 15.2. The van der Waals surface area contributed by atoms with Gasteiger partial charge in [-0.05, 0) is 31.9 Å². The zero-order valence-electron chi connectivity index (χ0n) is 13.2. The number of unbranched alkanes of at least 4 members (excludes halogenated alkanes) is 1. The van der Waals surface area contributed by atoms with Crippen LogP contribution >= 0.6 is 0 Å². The number of aromatic nitrogens is 2. The van der Waals surface area contributed by atoms with Gasteiger partial charge in [-0.2, -0.15) is 0 Å². The summed E-state index contributed by atoms with van der Waals surface area (Å²) in [6.45, 7) is 7.93. The molecule has 2 N–H and O–H groups in total. The molecule has 21 heavy (non-hydrogen) atoms. The van der Waals surface area contributed by atoms with E-state index in [1.807, 2.05) is 31.2 Å². The first-order valence-electron chi connectivity index (χ1n) is 7.73. The molecule has 0 aliphatic rings. The molecule has 0 amide bonds. The van der Waals surface area contributed by atoms with E-state index in [0.717, 1.165) is 61.1 Å². The van der Waals surface area contributed by atoms with Crippen molar-refractivity contribution in [1.29, 1.82) is 0 Å². The summed E-state index contributed by atoms with van der Waals surface area (Å²) in [5.74, 6) is 2.58. The summed E-state index contributed by atoms with van der Waals surface area (Å²) >= 11 is 0. The molecule has 0 radical (unpaired) electrons. The fourth-order valence-electron chi connectivity index (χ4n) is 2.35. The maximum absolute atomic E-state index is 6.29. The first-order chi connectivity index (χ1) is 10.2. The number of rotatable bonds is 7. The average molecular weight is 287 g/mol. The van der Waals surface area contributed by atoms with Crippen LogP contribution in [0.5, 0.6) is 5.75 Å². The van der Waals surface area contributed by atoms with Crippen LogP contribution in [0.25, 0.3) is 11.3 Å². The SMILES string of the molecule is CCCCn1c(C)nc(-c2cccc(OCCC)c2)c1N. The number of ether oxygens (including phenoxy) is 1. The van der Waals surface area contributed by atoms with Gasteiger partial charge >= 0.3 is 0 Å². The Hall–Kier alpha value is -1.97. The minimum absolute atomic E-state index is 0.725. The molecule has 0 saturated carbocycles. The van der Waals surface area contributed by atoms with Crippen LogP contribution in [0.4, 0.5) is 5.82 Å². The minimum Gasteiger partial charge on any atom is -0.494 e. The largest absolute Gasteiger partial charge is 0.494 e. The van der Waals surface area contributed by atoms with E-state index >= 15 is 0 Å². The number of nitrogens with zero attached hydrogens (tertiary/aromatic N) is 2. The van der Waals surface area contributed by atoms with Crippen molar-refractivity contribution in [3.8, 4) is 17.0 Å². The van der Waals surface area contributed by atoms with Gasteiger partial charge in [-0.1, -0.05) is 32.4 Å². The van der Waals surface area contributed by atoms with Crippen molar-refractivity contribution in [3.05, 3.63) is 30.1 Å².